The van der Waals surface area contributed by atoms with Crippen LogP contribution in [0.3, 0.4) is 0 Å². The summed E-state index contributed by atoms with van der Waals surface area (Å²) in [5.74, 6) is -2.64. The van der Waals surface area contributed by atoms with Gasteiger partial charge in [0.2, 0.25) is 5.88 Å². The van der Waals surface area contributed by atoms with Gasteiger partial charge in [0, 0.05) is 68.7 Å². The molecule has 2 N–H and O–H groups in total. The monoisotopic (exact) mass is 549 g/mol. The zero-order valence-corrected chi connectivity index (χ0v) is 22.6. The van der Waals surface area contributed by atoms with Gasteiger partial charge in [-0.15, -0.1) is 0 Å². The highest BCUT2D eigenvalue weighted by Gasteiger charge is 2.25. The summed E-state index contributed by atoms with van der Waals surface area (Å²) >= 11 is 0. The van der Waals surface area contributed by atoms with Gasteiger partial charge in [0.15, 0.2) is 23.2 Å². The summed E-state index contributed by atoms with van der Waals surface area (Å²) in [7, 11) is 5.10. The van der Waals surface area contributed by atoms with Gasteiger partial charge in [-0.2, -0.15) is 0 Å². The molecule has 208 valence electrons. The van der Waals surface area contributed by atoms with Gasteiger partial charge >= 0.3 is 0 Å². The molecule has 0 radical (unpaired) electrons. The van der Waals surface area contributed by atoms with Gasteiger partial charge in [-0.3, -0.25) is 9.59 Å². The number of aryl methyl sites for hydroxylation is 1. The van der Waals surface area contributed by atoms with Crippen LogP contribution in [0.15, 0.2) is 42.7 Å². The molecule has 0 saturated carbocycles. The lowest BCUT2D eigenvalue weighted by Crippen LogP contribution is -2.47. The number of H-pyrrole nitrogens is 1. The Bertz CT molecular complexity index is 1580. The van der Waals surface area contributed by atoms with Crippen LogP contribution in [-0.4, -0.2) is 88.8 Å². The van der Waals surface area contributed by atoms with Crippen molar-refractivity contribution in [3.05, 3.63) is 71.2 Å². The van der Waals surface area contributed by atoms with E-state index in [1.165, 1.54) is 25.1 Å². The molecule has 2 aromatic heterocycles. The molecule has 5 rings (SSSR count). The maximum Gasteiger partial charge on any atom is 0.262 e. The van der Waals surface area contributed by atoms with Gasteiger partial charge in [-0.05, 0) is 44.3 Å². The number of hydrogen-bond donors (Lipinski definition) is 2. The lowest BCUT2D eigenvalue weighted by Gasteiger charge is -2.32. The number of benzene rings is 2. The summed E-state index contributed by atoms with van der Waals surface area (Å²) in [6.07, 6.45) is 1.16. The first-order valence-electron chi connectivity index (χ1n) is 12.7. The normalized spacial score (nSPS) is 13.9. The minimum Gasteiger partial charge on any atom is -0.435 e. The Hall–Kier alpha value is -4.58. The number of aromatic amines is 1. The van der Waals surface area contributed by atoms with E-state index in [1.807, 2.05) is 11.9 Å². The minimum absolute atomic E-state index is 0.0199. The van der Waals surface area contributed by atoms with Crippen LogP contribution in [-0.2, 0) is 0 Å². The van der Waals surface area contributed by atoms with E-state index >= 15 is 4.39 Å². The molecule has 0 aliphatic carbocycles. The first-order chi connectivity index (χ1) is 19.1. The maximum absolute atomic E-state index is 15.2. The van der Waals surface area contributed by atoms with E-state index in [0.717, 1.165) is 25.5 Å². The number of rotatable bonds is 6. The second-order valence-electron chi connectivity index (χ2n) is 9.91. The van der Waals surface area contributed by atoms with Gasteiger partial charge in [0.25, 0.3) is 11.8 Å². The largest absolute Gasteiger partial charge is 0.435 e. The van der Waals surface area contributed by atoms with Crippen LogP contribution in [0.1, 0.15) is 26.4 Å². The van der Waals surface area contributed by atoms with Crippen molar-refractivity contribution >= 4 is 34.2 Å². The Morgan fingerprint density at radius 2 is 1.75 bits per heavy atom. The molecule has 40 heavy (non-hydrogen) atoms. The van der Waals surface area contributed by atoms with Crippen molar-refractivity contribution in [2.24, 2.45) is 0 Å². The average Bonchev–Trinajstić information content (AvgIpc) is 3.34. The van der Waals surface area contributed by atoms with Crippen molar-refractivity contribution in [1.82, 2.24) is 29.7 Å². The lowest BCUT2D eigenvalue weighted by atomic mass is 10.1. The summed E-state index contributed by atoms with van der Waals surface area (Å²) < 4.78 is 35.6. The number of carbonyl (C=O) groups is 2. The molecule has 0 bridgehead atoms. The fourth-order valence-electron chi connectivity index (χ4n) is 4.50. The number of ether oxygens (including phenoxy) is 1. The quantitative estimate of drug-likeness (QED) is 0.372. The number of nitrogens with one attached hydrogen (secondary N) is 2. The van der Waals surface area contributed by atoms with Crippen LogP contribution >= 0.6 is 0 Å². The highest BCUT2D eigenvalue weighted by Crippen LogP contribution is 2.35. The Kier molecular flexibility index (Phi) is 7.35. The van der Waals surface area contributed by atoms with Crippen molar-refractivity contribution in [3.63, 3.8) is 0 Å². The predicted octanol–water partition coefficient (Wildman–Crippen LogP) is 4.17. The Labute approximate surface area is 229 Å². The van der Waals surface area contributed by atoms with Crippen molar-refractivity contribution < 1.29 is 23.1 Å². The van der Waals surface area contributed by atoms with E-state index < -0.39 is 23.3 Å². The first-order valence-corrected chi connectivity index (χ1v) is 12.7. The zero-order chi connectivity index (χ0) is 28.6. The number of piperazine rings is 1. The maximum atomic E-state index is 15.2. The number of fused-ring (bicyclic) bond motifs is 1. The number of hydrogen-bond acceptors (Lipinski definition) is 7. The van der Waals surface area contributed by atoms with E-state index in [-0.39, 0.29) is 34.1 Å². The van der Waals surface area contributed by atoms with Crippen LogP contribution in [0.2, 0.25) is 0 Å². The van der Waals surface area contributed by atoms with Gasteiger partial charge in [-0.25, -0.2) is 18.7 Å². The predicted molar refractivity (Wildman–Crippen MR) is 146 cm³/mol. The summed E-state index contributed by atoms with van der Waals surface area (Å²) in [6, 6.07) is 9.17. The third kappa shape index (κ3) is 5.30. The number of anilines is 2. The van der Waals surface area contributed by atoms with E-state index in [0.29, 0.717) is 30.0 Å². The third-order valence-electron chi connectivity index (χ3n) is 6.73. The summed E-state index contributed by atoms with van der Waals surface area (Å²) in [5, 5.41) is 3.08. The molecule has 1 saturated heterocycles. The number of likely N-dealkylation sites (N-methyl/N-ethyl adjacent to an activating group) is 1. The van der Waals surface area contributed by atoms with Crippen molar-refractivity contribution in [3.8, 4) is 11.6 Å². The van der Waals surface area contributed by atoms with Crippen LogP contribution in [0.4, 0.5) is 20.3 Å². The Morgan fingerprint density at radius 3 is 2.42 bits per heavy atom. The van der Waals surface area contributed by atoms with Crippen LogP contribution < -0.4 is 10.1 Å². The second-order valence-corrected chi connectivity index (χ2v) is 9.91. The molecule has 4 aromatic rings. The van der Waals surface area contributed by atoms with Crippen LogP contribution in [0, 0.1) is 18.6 Å². The smallest absolute Gasteiger partial charge is 0.262 e. The van der Waals surface area contributed by atoms with E-state index in [2.05, 4.69) is 25.2 Å². The molecule has 10 nitrogen and oxygen atoms in total. The standard InChI is InChI=1S/C28H29F2N7O3/c1-16-13-19-23(30)21(14-20(29)24(19)33-16)40-26-22(28(39)35(2)3)25(31-15-32-26)34-18-7-5-17(6-8-18)27(38)37-11-9-36(4)10-12-37/h5-8,13-15,33H,9-12H2,1-4H3,(H,31,32,34). The number of aromatic nitrogens is 3. The summed E-state index contributed by atoms with van der Waals surface area (Å²) in [4.78, 5) is 42.4. The van der Waals surface area contributed by atoms with Gasteiger partial charge in [0.1, 0.15) is 11.9 Å². The zero-order valence-electron chi connectivity index (χ0n) is 22.6. The van der Waals surface area contributed by atoms with Gasteiger partial charge in [-0.1, -0.05) is 0 Å². The van der Waals surface area contributed by atoms with Gasteiger partial charge < -0.3 is 29.7 Å². The molecular weight excluding hydrogens is 520 g/mol. The second kappa shape index (κ2) is 10.9. The minimum atomic E-state index is -0.794. The molecule has 2 aromatic carbocycles. The third-order valence-corrected chi connectivity index (χ3v) is 6.73. The Morgan fingerprint density at radius 1 is 1.05 bits per heavy atom. The highest BCUT2D eigenvalue weighted by atomic mass is 19.1. The molecule has 12 heteroatoms. The molecule has 3 heterocycles. The van der Waals surface area contributed by atoms with E-state index in [1.54, 1.807) is 31.2 Å². The van der Waals surface area contributed by atoms with Crippen molar-refractivity contribution in [2.45, 2.75) is 6.92 Å². The first kappa shape index (κ1) is 27.0. The Balaban J connectivity index is 1.44. The topological polar surface area (TPSA) is 107 Å². The highest BCUT2D eigenvalue weighted by molar-refractivity contribution is 6.01. The van der Waals surface area contributed by atoms with Crippen LogP contribution in [0.5, 0.6) is 11.6 Å². The van der Waals surface area contributed by atoms with Crippen LogP contribution in [0.25, 0.3) is 10.9 Å². The SMILES string of the molecule is Cc1cc2c(F)c(Oc3ncnc(Nc4ccc(C(=O)N5CCN(C)CC5)cc4)c3C(=O)N(C)C)cc(F)c2[nH]1. The number of halogens is 2. The fourth-order valence-corrected chi connectivity index (χ4v) is 4.50. The van der Waals surface area contributed by atoms with E-state index in [9.17, 15) is 14.0 Å². The summed E-state index contributed by atoms with van der Waals surface area (Å²) in [6.45, 7) is 4.65. The lowest BCUT2D eigenvalue weighted by molar-refractivity contribution is 0.0664. The number of nitrogens with zero attached hydrogens (tertiary/aromatic N) is 5. The average molecular weight is 550 g/mol. The fraction of sp³-hybridized carbons (Fsp3) is 0.286. The van der Waals surface area contributed by atoms with Gasteiger partial charge in [0.05, 0.1) is 5.52 Å². The van der Waals surface area contributed by atoms with E-state index in [4.69, 9.17) is 4.74 Å². The van der Waals surface area contributed by atoms with Crippen molar-refractivity contribution in [2.75, 3.05) is 52.6 Å². The molecule has 1 aliphatic heterocycles. The number of amides is 2. The molecule has 0 atom stereocenters. The molecule has 0 spiro atoms. The molecule has 0 unspecified atom stereocenters. The number of carbonyl (C=O) groups excluding carboxylic acids is 2. The molecule has 1 fully saturated rings. The molecule has 2 amide bonds. The summed E-state index contributed by atoms with van der Waals surface area (Å²) in [5.41, 5.74) is 1.62. The molecular formula is C28H29F2N7O3. The van der Waals surface area contributed by atoms with Crippen molar-refractivity contribution in [1.29, 1.82) is 0 Å². The molecule has 1 aliphatic rings.